The smallest absolute Gasteiger partial charge is 0.166 e. The van der Waals surface area contributed by atoms with Crippen LogP contribution in [-0.4, -0.2) is 22.7 Å². The quantitative estimate of drug-likeness (QED) is 0.868. The molecule has 7 heteroatoms. The molecule has 22 heavy (non-hydrogen) atoms. The number of hydrogen-bond acceptors (Lipinski definition) is 3. The summed E-state index contributed by atoms with van der Waals surface area (Å²) in [5, 5.41) is 2.89. The topological polar surface area (TPSA) is 37.8 Å². The highest BCUT2D eigenvalue weighted by Crippen LogP contribution is 2.30. The molecule has 2 aromatic rings. The second-order valence-electron chi connectivity index (χ2n) is 4.97. The molecule has 118 valence electrons. The van der Waals surface area contributed by atoms with Crippen molar-refractivity contribution in [3.63, 3.8) is 0 Å². The zero-order valence-electron chi connectivity index (χ0n) is 11.6. The normalized spacial score (nSPS) is 19.6. The van der Waals surface area contributed by atoms with Crippen molar-refractivity contribution >= 4 is 21.7 Å². The maximum atomic E-state index is 13.3. The van der Waals surface area contributed by atoms with Gasteiger partial charge in [0.2, 0.25) is 0 Å². The van der Waals surface area contributed by atoms with Crippen LogP contribution in [0.25, 0.3) is 0 Å². The SMILES string of the molecule is Fc1cc(Br)cnc1NCC1CC(F)C1.Fc1cccnc1. The van der Waals surface area contributed by atoms with Gasteiger partial charge in [-0.3, -0.25) is 4.98 Å². The number of anilines is 1. The predicted octanol–water partition coefficient (Wildman–Crippen LogP) is 4.36. The number of pyridine rings is 2. The molecule has 2 heterocycles. The van der Waals surface area contributed by atoms with E-state index in [-0.39, 0.29) is 17.5 Å². The van der Waals surface area contributed by atoms with E-state index < -0.39 is 6.17 Å². The Kier molecular flexibility index (Phi) is 6.18. The van der Waals surface area contributed by atoms with Gasteiger partial charge in [0.05, 0.1) is 6.20 Å². The van der Waals surface area contributed by atoms with E-state index in [9.17, 15) is 13.2 Å². The molecule has 2 aromatic heterocycles. The van der Waals surface area contributed by atoms with Crippen LogP contribution in [0.2, 0.25) is 0 Å². The van der Waals surface area contributed by atoms with E-state index in [0.717, 1.165) is 0 Å². The van der Waals surface area contributed by atoms with Crippen LogP contribution in [-0.2, 0) is 0 Å². The van der Waals surface area contributed by atoms with E-state index in [4.69, 9.17) is 0 Å². The monoisotopic (exact) mass is 373 g/mol. The fourth-order valence-corrected chi connectivity index (χ4v) is 2.25. The Balaban J connectivity index is 0.000000211. The first-order chi connectivity index (χ1) is 10.5. The summed E-state index contributed by atoms with van der Waals surface area (Å²) < 4.78 is 38.2. The maximum Gasteiger partial charge on any atom is 0.166 e. The van der Waals surface area contributed by atoms with Gasteiger partial charge in [0.15, 0.2) is 11.6 Å². The summed E-state index contributed by atoms with van der Waals surface area (Å²) in [6, 6.07) is 4.26. The lowest BCUT2D eigenvalue weighted by atomic mass is 9.83. The molecule has 0 aromatic carbocycles. The minimum Gasteiger partial charge on any atom is -0.367 e. The molecule has 0 saturated heterocycles. The van der Waals surface area contributed by atoms with Crippen molar-refractivity contribution in [1.82, 2.24) is 9.97 Å². The standard InChI is InChI=1S/C10H11BrF2N2.C5H4FN/c11-7-3-9(13)10(15-5-7)14-4-6-1-8(12)2-6;6-5-2-1-3-7-4-5/h3,5-6,8H,1-2,4H2,(H,14,15);1-4H. The van der Waals surface area contributed by atoms with Crippen LogP contribution in [0.1, 0.15) is 12.8 Å². The molecule has 1 aliphatic rings. The van der Waals surface area contributed by atoms with Crippen LogP contribution < -0.4 is 5.32 Å². The third-order valence-corrected chi connectivity index (χ3v) is 3.60. The number of hydrogen-bond donors (Lipinski definition) is 1. The van der Waals surface area contributed by atoms with Gasteiger partial charge in [-0.1, -0.05) is 0 Å². The molecule has 3 rings (SSSR count). The minimum atomic E-state index is -0.667. The van der Waals surface area contributed by atoms with Gasteiger partial charge >= 0.3 is 0 Å². The molecule has 0 amide bonds. The molecule has 1 aliphatic carbocycles. The lowest BCUT2D eigenvalue weighted by Gasteiger charge is -2.29. The summed E-state index contributed by atoms with van der Waals surface area (Å²) in [6.07, 6.45) is 4.71. The molecule has 0 bridgehead atoms. The Morgan fingerprint density at radius 3 is 2.55 bits per heavy atom. The van der Waals surface area contributed by atoms with Crippen LogP contribution in [0.4, 0.5) is 19.0 Å². The molecule has 0 aliphatic heterocycles. The van der Waals surface area contributed by atoms with Gasteiger partial charge in [0.25, 0.3) is 0 Å². The Morgan fingerprint density at radius 2 is 2.05 bits per heavy atom. The molecular weight excluding hydrogens is 359 g/mol. The molecule has 0 atom stereocenters. The Bertz CT molecular complexity index is 592. The molecule has 1 saturated carbocycles. The van der Waals surface area contributed by atoms with E-state index >= 15 is 0 Å². The number of nitrogens with zero attached hydrogens (tertiary/aromatic N) is 2. The largest absolute Gasteiger partial charge is 0.367 e. The molecular formula is C15H15BrF3N3. The van der Waals surface area contributed by atoms with Gasteiger partial charge in [-0.25, -0.2) is 18.2 Å². The fraction of sp³-hybridized carbons (Fsp3) is 0.333. The summed E-state index contributed by atoms with van der Waals surface area (Å²) >= 11 is 3.13. The Labute approximate surface area is 135 Å². The van der Waals surface area contributed by atoms with Crippen LogP contribution in [0.5, 0.6) is 0 Å². The third kappa shape index (κ3) is 5.29. The van der Waals surface area contributed by atoms with Crippen molar-refractivity contribution in [2.24, 2.45) is 5.92 Å². The van der Waals surface area contributed by atoms with Gasteiger partial charge in [0, 0.05) is 23.4 Å². The molecule has 0 spiro atoms. The highest BCUT2D eigenvalue weighted by Gasteiger charge is 2.28. The van der Waals surface area contributed by atoms with E-state index in [1.54, 1.807) is 6.07 Å². The van der Waals surface area contributed by atoms with Crippen LogP contribution in [0.3, 0.4) is 0 Å². The van der Waals surface area contributed by atoms with Crippen molar-refractivity contribution in [2.75, 3.05) is 11.9 Å². The Hall–Kier alpha value is -1.63. The van der Waals surface area contributed by atoms with E-state index in [2.05, 4.69) is 31.2 Å². The predicted molar refractivity (Wildman–Crippen MR) is 82.2 cm³/mol. The lowest BCUT2D eigenvalue weighted by Crippen LogP contribution is -2.30. The van der Waals surface area contributed by atoms with E-state index in [0.29, 0.717) is 29.8 Å². The fourth-order valence-electron chi connectivity index (χ4n) is 1.95. The molecule has 0 unspecified atom stereocenters. The van der Waals surface area contributed by atoms with Crippen molar-refractivity contribution < 1.29 is 13.2 Å². The second kappa shape index (κ2) is 8.12. The van der Waals surface area contributed by atoms with Gasteiger partial charge in [0.1, 0.15) is 12.0 Å². The number of nitrogens with one attached hydrogen (secondary N) is 1. The Morgan fingerprint density at radius 1 is 1.27 bits per heavy atom. The van der Waals surface area contributed by atoms with Crippen molar-refractivity contribution in [2.45, 2.75) is 19.0 Å². The van der Waals surface area contributed by atoms with Crippen LogP contribution in [0, 0.1) is 17.6 Å². The van der Waals surface area contributed by atoms with Gasteiger partial charge in [-0.05, 0) is 52.9 Å². The average molecular weight is 374 g/mol. The third-order valence-electron chi connectivity index (χ3n) is 3.17. The maximum absolute atomic E-state index is 13.3. The first-order valence-electron chi connectivity index (χ1n) is 6.79. The van der Waals surface area contributed by atoms with Crippen molar-refractivity contribution in [3.8, 4) is 0 Å². The highest BCUT2D eigenvalue weighted by molar-refractivity contribution is 9.10. The van der Waals surface area contributed by atoms with Crippen LogP contribution in [0.15, 0.2) is 41.3 Å². The van der Waals surface area contributed by atoms with E-state index in [1.165, 1.54) is 30.7 Å². The summed E-state index contributed by atoms with van der Waals surface area (Å²) in [6.45, 7) is 0.589. The number of aromatic nitrogens is 2. The first-order valence-corrected chi connectivity index (χ1v) is 7.58. The summed E-state index contributed by atoms with van der Waals surface area (Å²) in [7, 11) is 0. The number of halogens is 4. The summed E-state index contributed by atoms with van der Waals surface area (Å²) in [4.78, 5) is 7.41. The first kappa shape index (κ1) is 16.7. The minimum absolute atomic E-state index is 0.237. The zero-order valence-corrected chi connectivity index (χ0v) is 13.2. The summed E-state index contributed by atoms with van der Waals surface area (Å²) in [5.74, 6) is -0.131. The average Bonchev–Trinajstić information content (AvgIpc) is 2.45. The van der Waals surface area contributed by atoms with E-state index in [1.807, 2.05) is 0 Å². The number of rotatable bonds is 3. The lowest BCUT2D eigenvalue weighted by molar-refractivity contribution is 0.140. The van der Waals surface area contributed by atoms with Gasteiger partial charge < -0.3 is 5.32 Å². The molecule has 3 nitrogen and oxygen atoms in total. The van der Waals surface area contributed by atoms with Crippen molar-refractivity contribution in [1.29, 1.82) is 0 Å². The van der Waals surface area contributed by atoms with Gasteiger partial charge in [-0.2, -0.15) is 0 Å². The molecule has 0 radical (unpaired) electrons. The zero-order chi connectivity index (χ0) is 15.9. The number of alkyl halides is 1. The van der Waals surface area contributed by atoms with Crippen LogP contribution >= 0.6 is 15.9 Å². The van der Waals surface area contributed by atoms with Gasteiger partial charge in [-0.15, -0.1) is 0 Å². The molecule has 1 fully saturated rings. The second-order valence-corrected chi connectivity index (χ2v) is 5.89. The summed E-state index contributed by atoms with van der Waals surface area (Å²) in [5.41, 5.74) is 0. The van der Waals surface area contributed by atoms with Crippen molar-refractivity contribution in [3.05, 3.63) is 52.9 Å². The highest BCUT2D eigenvalue weighted by atomic mass is 79.9. The molecule has 1 N–H and O–H groups in total.